The number of aryl methyl sites for hydroxylation is 1. The molecule has 3 aromatic rings. The second-order valence-electron chi connectivity index (χ2n) is 5.25. The Balaban J connectivity index is 1.69. The highest BCUT2D eigenvalue weighted by Gasteiger charge is 2.17. The van der Waals surface area contributed by atoms with Gasteiger partial charge in [0.1, 0.15) is 5.75 Å². The molecule has 3 rings (SSSR count). The predicted molar refractivity (Wildman–Crippen MR) is 96.2 cm³/mol. The molecule has 1 heterocycles. The molecular formula is C17H15BrN2O4S. The summed E-state index contributed by atoms with van der Waals surface area (Å²) in [5.74, 6) is 1.15. The van der Waals surface area contributed by atoms with Crippen LogP contribution in [0, 0.1) is 0 Å². The monoisotopic (exact) mass is 422 g/mol. The molecule has 0 aliphatic carbocycles. The standard InChI is InChI=1S/C17H15BrN2O4S/c1-23-14-6-8-15(9-7-14)25(21,22)11-10-16-19-20-17(24-16)12-2-4-13(18)5-3-12/h2-9H,10-11H2,1H3. The molecule has 0 amide bonds. The first-order valence-corrected chi connectivity index (χ1v) is 9.87. The van der Waals surface area contributed by atoms with Crippen LogP contribution in [-0.2, 0) is 16.3 Å². The van der Waals surface area contributed by atoms with Gasteiger partial charge in [-0.15, -0.1) is 10.2 Å². The number of aromatic nitrogens is 2. The van der Waals surface area contributed by atoms with Crippen molar-refractivity contribution in [3.8, 4) is 17.2 Å². The smallest absolute Gasteiger partial charge is 0.247 e. The molecular weight excluding hydrogens is 408 g/mol. The minimum atomic E-state index is -3.43. The number of benzene rings is 2. The van der Waals surface area contributed by atoms with E-state index in [0.29, 0.717) is 11.6 Å². The van der Waals surface area contributed by atoms with Crippen LogP contribution in [0.25, 0.3) is 11.5 Å². The summed E-state index contributed by atoms with van der Waals surface area (Å²) in [6, 6.07) is 13.7. The molecule has 0 atom stereocenters. The van der Waals surface area contributed by atoms with Crippen LogP contribution in [0.15, 0.2) is 62.3 Å². The average Bonchev–Trinajstić information content (AvgIpc) is 3.10. The van der Waals surface area contributed by atoms with Gasteiger partial charge in [-0.2, -0.15) is 0 Å². The van der Waals surface area contributed by atoms with Crippen LogP contribution in [0.4, 0.5) is 0 Å². The quantitative estimate of drug-likeness (QED) is 0.604. The lowest BCUT2D eigenvalue weighted by Gasteiger charge is -2.04. The number of sulfone groups is 1. The van der Waals surface area contributed by atoms with Crippen molar-refractivity contribution in [1.29, 1.82) is 0 Å². The highest BCUT2D eigenvalue weighted by molar-refractivity contribution is 9.10. The third-order valence-electron chi connectivity index (χ3n) is 3.56. The van der Waals surface area contributed by atoms with E-state index in [1.54, 1.807) is 12.1 Å². The Bertz CT molecular complexity index is 951. The van der Waals surface area contributed by atoms with Crippen molar-refractivity contribution in [2.75, 3.05) is 12.9 Å². The van der Waals surface area contributed by atoms with Crippen LogP contribution in [0.3, 0.4) is 0 Å². The Kier molecular flexibility index (Phi) is 5.19. The van der Waals surface area contributed by atoms with E-state index in [4.69, 9.17) is 9.15 Å². The molecule has 1 aromatic heterocycles. The van der Waals surface area contributed by atoms with Crippen LogP contribution in [0.1, 0.15) is 5.89 Å². The van der Waals surface area contributed by atoms with E-state index in [0.717, 1.165) is 10.0 Å². The molecule has 0 bridgehead atoms. The lowest BCUT2D eigenvalue weighted by atomic mass is 10.2. The maximum absolute atomic E-state index is 12.4. The Morgan fingerprint density at radius 1 is 1.04 bits per heavy atom. The van der Waals surface area contributed by atoms with E-state index in [1.807, 2.05) is 24.3 Å². The summed E-state index contributed by atoms with van der Waals surface area (Å²) in [5.41, 5.74) is 0.778. The van der Waals surface area contributed by atoms with Crippen molar-refractivity contribution in [3.63, 3.8) is 0 Å². The first-order valence-electron chi connectivity index (χ1n) is 7.43. The summed E-state index contributed by atoms with van der Waals surface area (Å²) >= 11 is 3.36. The molecule has 2 aromatic carbocycles. The lowest BCUT2D eigenvalue weighted by molar-refractivity contribution is 0.414. The normalized spacial score (nSPS) is 11.4. The van der Waals surface area contributed by atoms with Crippen molar-refractivity contribution in [2.24, 2.45) is 0 Å². The Morgan fingerprint density at radius 3 is 2.36 bits per heavy atom. The van der Waals surface area contributed by atoms with E-state index in [2.05, 4.69) is 26.1 Å². The highest BCUT2D eigenvalue weighted by Crippen LogP contribution is 2.21. The first kappa shape index (κ1) is 17.6. The van der Waals surface area contributed by atoms with E-state index < -0.39 is 9.84 Å². The number of halogens is 1. The second kappa shape index (κ2) is 7.37. The molecule has 6 nitrogen and oxygen atoms in total. The molecule has 8 heteroatoms. The van der Waals surface area contributed by atoms with Gasteiger partial charge < -0.3 is 9.15 Å². The van der Waals surface area contributed by atoms with E-state index >= 15 is 0 Å². The van der Waals surface area contributed by atoms with Gasteiger partial charge in [-0.05, 0) is 48.5 Å². The number of ether oxygens (including phenoxy) is 1. The van der Waals surface area contributed by atoms with E-state index in [1.165, 1.54) is 19.2 Å². The Labute approximate surface area is 153 Å². The van der Waals surface area contributed by atoms with Crippen molar-refractivity contribution in [2.45, 2.75) is 11.3 Å². The van der Waals surface area contributed by atoms with E-state index in [-0.39, 0.29) is 23.0 Å². The molecule has 0 N–H and O–H groups in total. The summed E-state index contributed by atoms with van der Waals surface area (Å²) in [6.07, 6.45) is 0.151. The molecule has 0 saturated carbocycles. The minimum absolute atomic E-state index is 0.110. The number of hydrogen-bond acceptors (Lipinski definition) is 6. The summed E-state index contributed by atoms with van der Waals surface area (Å²) in [5, 5.41) is 7.90. The van der Waals surface area contributed by atoms with Crippen molar-refractivity contribution in [3.05, 3.63) is 58.9 Å². The van der Waals surface area contributed by atoms with Gasteiger partial charge in [-0.1, -0.05) is 15.9 Å². The van der Waals surface area contributed by atoms with Crippen molar-refractivity contribution >= 4 is 25.8 Å². The molecule has 130 valence electrons. The topological polar surface area (TPSA) is 82.3 Å². The van der Waals surface area contributed by atoms with Gasteiger partial charge in [0.2, 0.25) is 11.8 Å². The molecule has 0 fully saturated rings. The maximum Gasteiger partial charge on any atom is 0.247 e. The van der Waals surface area contributed by atoms with Gasteiger partial charge in [0.25, 0.3) is 0 Å². The molecule has 0 unspecified atom stereocenters. The Hall–Kier alpha value is -2.19. The fourth-order valence-corrected chi connectivity index (χ4v) is 3.68. The first-order chi connectivity index (χ1) is 12.0. The van der Waals surface area contributed by atoms with Gasteiger partial charge in [0.15, 0.2) is 9.84 Å². The number of methoxy groups -OCH3 is 1. The molecule has 0 saturated heterocycles. The largest absolute Gasteiger partial charge is 0.497 e. The fourth-order valence-electron chi connectivity index (χ4n) is 2.19. The molecule has 0 spiro atoms. The third kappa shape index (κ3) is 4.26. The summed E-state index contributed by atoms with van der Waals surface area (Å²) in [7, 11) is -1.90. The lowest BCUT2D eigenvalue weighted by Crippen LogP contribution is -2.09. The van der Waals surface area contributed by atoms with Crippen LogP contribution in [-0.4, -0.2) is 31.5 Å². The predicted octanol–water partition coefficient (Wildman–Crippen LogP) is 3.52. The summed E-state index contributed by atoms with van der Waals surface area (Å²) in [4.78, 5) is 0.237. The number of rotatable bonds is 6. The fraction of sp³-hybridized carbons (Fsp3) is 0.176. The minimum Gasteiger partial charge on any atom is -0.497 e. The van der Waals surface area contributed by atoms with Crippen LogP contribution < -0.4 is 4.74 Å². The maximum atomic E-state index is 12.4. The van der Waals surface area contributed by atoms with Crippen molar-refractivity contribution in [1.82, 2.24) is 10.2 Å². The van der Waals surface area contributed by atoms with Crippen LogP contribution in [0.5, 0.6) is 5.75 Å². The van der Waals surface area contributed by atoms with Crippen LogP contribution >= 0.6 is 15.9 Å². The van der Waals surface area contributed by atoms with Crippen LogP contribution in [0.2, 0.25) is 0 Å². The number of nitrogens with zero attached hydrogens (tertiary/aromatic N) is 2. The third-order valence-corrected chi connectivity index (χ3v) is 5.82. The van der Waals surface area contributed by atoms with Gasteiger partial charge >= 0.3 is 0 Å². The molecule has 0 radical (unpaired) electrons. The van der Waals surface area contributed by atoms with E-state index in [9.17, 15) is 8.42 Å². The molecule has 25 heavy (non-hydrogen) atoms. The van der Waals surface area contributed by atoms with Gasteiger partial charge in [-0.25, -0.2) is 8.42 Å². The summed E-state index contributed by atoms with van der Waals surface area (Å²) < 4.78 is 36.3. The zero-order chi connectivity index (χ0) is 17.9. The zero-order valence-electron chi connectivity index (χ0n) is 13.3. The van der Waals surface area contributed by atoms with Gasteiger partial charge in [-0.3, -0.25) is 0 Å². The Morgan fingerprint density at radius 2 is 1.72 bits per heavy atom. The SMILES string of the molecule is COc1ccc(S(=O)(=O)CCc2nnc(-c3ccc(Br)cc3)o2)cc1. The van der Waals surface area contributed by atoms with Crippen molar-refractivity contribution < 1.29 is 17.6 Å². The van der Waals surface area contributed by atoms with Gasteiger partial charge in [0.05, 0.1) is 17.8 Å². The second-order valence-corrected chi connectivity index (χ2v) is 8.28. The zero-order valence-corrected chi connectivity index (χ0v) is 15.7. The molecule has 0 aliphatic heterocycles. The van der Waals surface area contributed by atoms with Gasteiger partial charge in [0, 0.05) is 16.5 Å². The number of hydrogen-bond donors (Lipinski definition) is 0. The highest BCUT2D eigenvalue weighted by atomic mass is 79.9. The average molecular weight is 423 g/mol. The molecule has 0 aliphatic rings. The summed E-state index contributed by atoms with van der Waals surface area (Å²) in [6.45, 7) is 0.